The zero-order chi connectivity index (χ0) is 11.4. The molecule has 1 fully saturated rings. The zero-order valence-electron chi connectivity index (χ0n) is 9.01. The lowest BCUT2D eigenvalue weighted by Crippen LogP contribution is -2.33. The molecule has 0 aliphatic carbocycles. The first kappa shape index (κ1) is 12.2. The molecule has 0 saturated carbocycles. The van der Waals surface area contributed by atoms with Gasteiger partial charge < -0.3 is 10.1 Å². The van der Waals surface area contributed by atoms with E-state index in [0.717, 1.165) is 34.9 Å². The molecule has 0 spiro atoms. The molecule has 1 saturated heterocycles. The van der Waals surface area contributed by atoms with Crippen LogP contribution >= 0.6 is 27.5 Å². The van der Waals surface area contributed by atoms with Gasteiger partial charge in [0, 0.05) is 17.5 Å². The molecule has 1 aromatic carbocycles. The van der Waals surface area contributed by atoms with E-state index in [9.17, 15) is 0 Å². The van der Waals surface area contributed by atoms with Crippen molar-refractivity contribution in [2.75, 3.05) is 19.7 Å². The molecule has 1 aromatic rings. The summed E-state index contributed by atoms with van der Waals surface area (Å²) in [6.07, 6.45) is 2.49. The van der Waals surface area contributed by atoms with Crippen LogP contribution in [0.3, 0.4) is 0 Å². The van der Waals surface area contributed by atoms with E-state index < -0.39 is 0 Å². The van der Waals surface area contributed by atoms with E-state index in [1.165, 1.54) is 12.8 Å². The summed E-state index contributed by atoms with van der Waals surface area (Å²) in [5.74, 6) is 1.49. The van der Waals surface area contributed by atoms with Crippen LogP contribution in [0, 0.1) is 5.92 Å². The lowest BCUT2D eigenvalue weighted by molar-refractivity contribution is 0.217. The Labute approximate surface area is 109 Å². The van der Waals surface area contributed by atoms with E-state index in [4.69, 9.17) is 16.3 Å². The molecule has 88 valence electrons. The Balaban J connectivity index is 1.88. The molecule has 0 amide bonds. The van der Waals surface area contributed by atoms with E-state index in [1.807, 2.05) is 18.2 Å². The molecule has 1 N–H and O–H groups in total. The number of piperidine rings is 1. The molecule has 1 aliphatic rings. The second-order valence-electron chi connectivity index (χ2n) is 4.10. The van der Waals surface area contributed by atoms with E-state index in [0.29, 0.717) is 5.92 Å². The lowest BCUT2D eigenvalue weighted by Gasteiger charge is -2.23. The van der Waals surface area contributed by atoms with Crippen LogP contribution in [0.5, 0.6) is 5.75 Å². The van der Waals surface area contributed by atoms with Crippen LogP contribution in [0.1, 0.15) is 12.8 Å². The largest absolute Gasteiger partial charge is 0.492 e. The van der Waals surface area contributed by atoms with Crippen molar-refractivity contribution in [1.29, 1.82) is 0 Å². The van der Waals surface area contributed by atoms with Gasteiger partial charge in [-0.15, -0.1) is 0 Å². The predicted molar refractivity (Wildman–Crippen MR) is 70.2 cm³/mol. The number of ether oxygens (including phenoxy) is 1. The average molecular weight is 305 g/mol. The maximum absolute atomic E-state index is 5.87. The monoisotopic (exact) mass is 303 g/mol. The van der Waals surface area contributed by atoms with Gasteiger partial charge in [-0.05, 0) is 53.5 Å². The molecule has 4 heteroatoms. The van der Waals surface area contributed by atoms with Crippen molar-refractivity contribution < 1.29 is 4.74 Å². The van der Waals surface area contributed by atoms with Gasteiger partial charge in [0.15, 0.2) is 0 Å². The minimum absolute atomic E-state index is 0.622. The van der Waals surface area contributed by atoms with Crippen LogP contribution in [0.25, 0.3) is 0 Å². The van der Waals surface area contributed by atoms with Crippen LogP contribution in [0.15, 0.2) is 22.7 Å². The normalized spacial score (nSPS) is 20.8. The smallest absolute Gasteiger partial charge is 0.133 e. The average Bonchev–Trinajstić information content (AvgIpc) is 2.29. The number of benzene rings is 1. The first-order valence-corrected chi connectivity index (χ1v) is 6.71. The van der Waals surface area contributed by atoms with Crippen molar-refractivity contribution in [3.8, 4) is 5.75 Å². The van der Waals surface area contributed by atoms with Gasteiger partial charge in [0.2, 0.25) is 0 Å². The highest BCUT2D eigenvalue weighted by Gasteiger charge is 2.14. The standard InChI is InChI=1S/C12H15BrClNO/c13-11-6-10(14)3-4-12(11)16-8-9-2-1-5-15-7-9/h3-4,6,9,15H,1-2,5,7-8H2/t9-/m0/s1. The molecule has 1 atom stereocenters. The third-order valence-electron chi connectivity index (χ3n) is 2.77. The third kappa shape index (κ3) is 3.37. The lowest BCUT2D eigenvalue weighted by atomic mass is 10.0. The van der Waals surface area contributed by atoms with Gasteiger partial charge in [-0.2, -0.15) is 0 Å². The molecule has 0 radical (unpaired) electrons. The highest BCUT2D eigenvalue weighted by molar-refractivity contribution is 9.10. The Bertz CT molecular complexity index is 353. The summed E-state index contributed by atoms with van der Waals surface area (Å²) in [6, 6.07) is 5.61. The van der Waals surface area contributed by atoms with Gasteiger partial charge in [0.1, 0.15) is 5.75 Å². The van der Waals surface area contributed by atoms with E-state index >= 15 is 0 Å². The van der Waals surface area contributed by atoms with Gasteiger partial charge in [0.25, 0.3) is 0 Å². The van der Waals surface area contributed by atoms with Crippen LogP contribution in [-0.4, -0.2) is 19.7 Å². The van der Waals surface area contributed by atoms with Crippen LogP contribution < -0.4 is 10.1 Å². The predicted octanol–water partition coefficient (Wildman–Crippen LogP) is 3.48. The summed E-state index contributed by atoms with van der Waals surface area (Å²) in [4.78, 5) is 0. The van der Waals surface area contributed by atoms with Crippen molar-refractivity contribution >= 4 is 27.5 Å². The van der Waals surface area contributed by atoms with Crippen LogP contribution in [0.2, 0.25) is 5.02 Å². The Morgan fingerprint density at radius 1 is 1.50 bits per heavy atom. The molecular weight excluding hydrogens is 289 g/mol. The summed E-state index contributed by atoms with van der Waals surface area (Å²) in [6.45, 7) is 2.97. The number of halogens is 2. The fraction of sp³-hybridized carbons (Fsp3) is 0.500. The first-order chi connectivity index (χ1) is 7.75. The fourth-order valence-electron chi connectivity index (χ4n) is 1.87. The maximum atomic E-state index is 5.87. The molecular formula is C12H15BrClNO. The molecule has 16 heavy (non-hydrogen) atoms. The summed E-state index contributed by atoms with van der Waals surface area (Å²) in [7, 11) is 0. The van der Waals surface area contributed by atoms with Crippen molar-refractivity contribution in [1.82, 2.24) is 5.32 Å². The quantitative estimate of drug-likeness (QED) is 0.923. The van der Waals surface area contributed by atoms with E-state index in [1.54, 1.807) is 0 Å². The maximum Gasteiger partial charge on any atom is 0.133 e. The summed E-state index contributed by atoms with van der Waals surface area (Å²) < 4.78 is 6.71. The van der Waals surface area contributed by atoms with Crippen molar-refractivity contribution in [2.24, 2.45) is 5.92 Å². The first-order valence-electron chi connectivity index (χ1n) is 5.54. The molecule has 0 aromatic heterocycles. The van der Waals surface area contributed by atoms with Gasteiger partial charge in [-0.3, -0.25) is 0 Å². The number of nitrogens with one attached hydrogen (secondary N) is 1. The number of hydrogen-bond acceptors (Lipinski definition) is 2. The molecule has 1 aliphatic heterocycles. The van der Waals surface area contributed by atoms with E-state index in [-0.39, 0.29) is 0 Å². The number of rotatable bonds is 3. The third-order valence-corrected chi connectivity index (χ3v) is 3.62. The molecule has 0 bridgehead atoms. The summed E-state index contributed by atoms with van der Waals surface area (Å²) >= 11 is 9.32. The Hall–Kier alpha value is -0.250. The minimum Gasteiger partial charge on any atom is -0.492 e. The zero-order valence-corrected chi connectivity index (χ0v) is 11.4. The minimum atomic E-state index is 0.622. The van der Waals surface area contributed by atoms with Gasteiger partial charge in [-0.1, -0.05) is 11.6 Å². The second kappa shape index (κ2) is 5.89. The summed E-state index contributed by atoms with van der Waals surface area (Å²) in [5, 5.41) is 4.10. The van der Waals surface area contributed by atoms with Crippen LogP contribution in [-0.2, 0) is 0 Å². The molecule has 2 rings (SSSR count). The number of hydrogen-bond donors (Lipinski definition) is 1. The van der Waals surface area contributed by atoms with Gasteiger partial charge >= 0.3 is 0 Å². The van der Waals surface area contributed by atoms with Crippen molar-refractivity contribution in [3.05, 3.63) is 27.7 Å². The highest BCUT2D eigenvalue weighted by Crippen LogP contribution is 2.28. The van der Waals surface area contributed by atoms with Crippen molar-refractivity contribution in [2.45, 2.75) is 12.8 Å². The molecule has 0 unspecified atom stereocenters. The Kier molecular flexibility index (Phi) is 4.50. The van der Waals surface area contributed by atoms with Crippen LogP contribution in [0.4, 0.5) is 0 Å². The topological polar surface area (TPSA) is 21.3 Å². The second-order valence-corrected chi connectivity index (χ2v) is 5.39. The van der Waals surface area contributed by atoms with E-state index in [2.05, 4.69) is 21.2 Å². The summed E-state index contributed by atoms with van der Waals surface area (Å²) in [5.41, 5.74) is 0. The van der Waals surface area contributed by atoms with Gasteiger partial charge in [0.05, 0.1) is 11.1 Å². The van der Waals surface area contributed by atoms with Crippen molar-refractivity contribution in [3.63, 3.8) is 0 Å². The Morgan fingerprint density at radius 3 is 3.06 bits per heavy atom. The fourth-order valence-corrected chi connectivity index (χ4v) is 2.66. The SMILES string of the molecule is Clc1ccc(OC[C@H]2CCCNC2)c(Br)c1. The molecule has 2 nitrogen and oxygen atoms in total. The molecule has 1 heterocycles. The van der Waals surface area contributed by atoms with Gasteiger partial charge in [-0.25, -0.2) is 0 Å². The highest BCUT2D eigenvalue weighted by atomic mass is 79.9. The Morgan fingerprint density at radius 2 is 2.38 bits per heavy atom.